The minimum absolute atomic E-state index is 0.00146. The molecule has 0 aromatic heterocycles. The van der Waals surface area contributed by atoms with Gasteiger partial charge in [-0.3, -0.25) is 9.46 Å². The van der Waals surface area contributed by atoms with Crippen LogP contribution in [-0.4, -0.2) is 35.5 Å². The van der Waals surface area contributed by atoms with E-state index in [1.54, 1.807) is 13.8 Å². The lowest BCUT2D eigenvalue weighted by atomic mass is 10.0. The van der Waals surface area contributed by atoms with Gasteiger partial charge in [-0.25, -0.2) is 4.79 Å². The van der Waals surface area contributed by atoms with Crippen molar-refractivity contribution in [1.29, 1.82) is 0 Å². The number of hydrogen-bond acceptors (Lipinski definition) is 5. The molecule has 2 rings (SSSR count). The summed E-state index contributed by atoms with van der Waals surface area (Å²) in [5, 5.41) is 0. The van der Waals surface area contributed by atoms with E-state index in [2.05, 4.69) is 0 Å². The van der Waals surface area contributed by atoms with Crippen LogP contribution < -0.4 is 4.90 Å². The maximum atomic E-state index is 13.3. The molecule has 168 valence electrons. The summed E-state index contributed by atoms with van der Waals surface area (Å²) in [5.41, 5.74) is -0.868. The van der Waals surface area contributed by atoms with Gasteiger partial charge in [0.15, 0.2) is 5.78 Å². The summed E-state index contributed by atoms with van der Waals surface area (Å²) in [6, 6.07) is 2.70. The van der Waals surface area contributed by atoms with Crippen molar-refractivity contribution in [2.45, 2.75) is 29.6 Å². The van der Waals surface area contributed by atoms with E-state index < -0.39 is 41.6 Å². The van der Waals surface area contributed by atoms with Crippen LogP contribution in [0.3, 0.4) is 0 Å². The Hall–Kier alpha value is -0.960. The minimum atomic E-state index is -4.59. The van der Waals surface area contributed by atoms with Gasteiger partial charge in [0.25, 0.3) is 0 Å². The van der Waals surface area contributed by atoms with Crippen molar-refractivity contribution in [3.05, 3.63) is 35.4 Å². The first-order valence-corrected chi connectivity index (χ1v) is 11.4. The van der Waals surface area contributed by atoms with Crippen LogP contribution in [0.4, 0.5) is 23.7 Å². The Morgan fingerprint density at radius 1 is 1.17 bits per heavy atom. The number of amides is 1. The SMILES string of the molecule is CCOP(=O)(OCC)C1C=Cc2cc(C(F)(F)F)ccc2N1C(=O)OCC(Cl)(Cl)Cl. The molecule has 1 aliphatic rings. The van der Waals surface area contributed by atoms with Gasteiger partial charge in [0.05, 0.1) is 24.5 Å². The van der Waals surface area contributed by atoms with Gasteiger partial charge in [0.1, 0.15) is 6.61 Å². The molecule has 0 fully saturated rings. The zero-order valence-corrected chi connectivity index (χ0v) is 19.0. The van der Waals surface area contributed by atoms with Crippen molar-refractivity contribution in [2.24, 2.45) is 0 Å². The first-order valence-electron chi connectivity index (χ1n) is 8.63. The summed E-state index contributed by atoms with van der Waals surface area (Å²) in [5.74, 6) is -1.30. The molecule has 1 aromatic rings. The van der Waals surface area contributed by atoms with Crippen LogP contribution in [-0.2, 0) is 24.5 Å². The molecule has 13 heteroatoms. The van der Waals surface area contributed by atoms with Crippen LogP contribution in [0.5, 0.6) is 0 Å². The highest BCUT2D eigenvalue weighted by molar-refractivity contribution is 7.55. The van der Waals surface area contributed by atoms with Crippen molar-refractivity contribution < 1.29 is 36.3 Å². The van der Waals surface area contributed by atoms with Crippen LogP contribution in [0.1, 0.15) is 25.0 Å². The van der Waals surface area contributed by atoms with Crippen molar-refractivity contribution in [1.82, 2.24) is 0 Å². The summed E-state index contributed by atoms with van der Waals surface area (Å²) >= 11 is 16.8. The largest absolute Gasteiger partial charge is 0.445 e. The Morgan fingerprint density at radius 2 is 1.77 bits per heavy atom. The molecule has 1 unspecified atom stereocenters. The fraction of sp³-hybridized carbons (Fsp3) is 0.471. The molecule has 0 bridgehead atoms. The average molecular weight is 511 g/mol. The maximum absolute atomic E-state index is 13.3. The van der Waals surface area contributed by atoms with Crippen molar-refractivity contribution >= 4 is 60.3 Å². The fourth-order valence-electron chi connectivity index (χ4n) is 2.72. The first-order chi connectivity index (χ1) is 13.8. The summed E-state index contributed by atoms with van der Waals surface area (Å²) < 4.78 is 66.2. The lowest BCUT2D eigenvalue weighted by Gasteiger charge is -2.36. The molecule has 0 saturated carbocycles. The fourth-order valence-corrected chi connectivity index (χ4v) is 4.78. The number of carbonyl (C=O) groups is 1. The number of nitrogens with zero attached hydrogens (tertiary/aromatic N) is 1. The van der Waals surface area contributed by atoms with Crippen LogP contribution in [0, 0.1) is 0 Å². The van der Waals surface area contributed by atoms with Gasteiger partial charge in [-0.2, -0.15) is 13.2 Å². The smallest absolute Gasteiger partial charge is 0.416 e. The minimum Gasteiger partial charge on any atom is -0.445 e. The van der Waals surface area contributed by atoms with Crippen LogP contribution in [0.15, 0.2) is 24.3 Å². The molecular weight excluding hydrogens is 493 g/mol. The van der Waals surface area contributed by atoms with E-state index in [0.29, 0.717) is 0 Å². The standard InChI is InChI=1S/C17H18Cl3F3NO5P/c1-3-28-30(26,29-4-2)14-8-5-11-9-12(17(21,22)23)6-7-13(11)24(14)15(25)27-10-16(18,19)20/h5-9,14H,3-4,10H2,1-2H3. The Bertz CT molecular complexity index is 850. The summed E-state index contributed by atoms with van der Waals surface area (Å²) in [4.78, 5) is 13.7. The summed E-state index contributed by atoms with van der Waals surface area (Å²) in [6.07, 6.45) is -3.13. The Morgan fingerprint density at radius 3 is 2.27 bits per heavy atom. The number of alkyl halides is 6. The molecule has 1 aliphatic heterocycles. The number of hydrogen-bond donors (Lipinski definition) is 0. The van der Waals surface area contributed by atoms with Crippen molar-refractivity contribution in [3.63, 3.8) is 0 Å². The molecule has 0 radical (unpaired) electrons. The number of anilines is 1. The molecule has 0 saturated heterocycles. The molecule has 6 nitrogen and oxygen atoms in total. The van der Waals surface area contributed by atoms with Gasteiger partial charge < -0.3 is 13.8 Å². The molecule has 30 heavy (non-hydrogen) atoms. The zero-order valence-electron chi connectivity index (χ0n) is 15.8. The molecule has 0 N–H and O–H groups in total. The monoisotopic (exact) mass is 509 g/mol. The third-order valence-corrected chi connectivity index (χ3v) is 6.44. The average Bonchev–Trinajstić information content (AvgIpc) is 2.63. The zero-order chi connectivity index (χ0) is 22.7. The number of rotatable bonds is 6. The predicted molar refractivity (Wildman–Crippen MR) is 109 cm³/mol. The van der Waals surface area contributed by atoms with E-state index in [-0.39, 0.29) is 24.5 Å². The molecule has 1 heterocycles. The molecule has 1 amide bonds. The summed E-state index contributed by atoms with van der Waals surface area (Å²) in [6.45, 7) is 2.50. The second kappa shape index (κ2) is 9.67. The van der Waals surface area contributed by atoms with Crippen molar-refractivity contribution in [3.8, 4) is 0 Å². The highest BCUT2D eigenvalue weighted by Crippen LogP contribution is 2.57. The number of fused-ring (bicyclic) bond motifs is 1. The van der Waals surface area contributed by atoms with Crippen LogP contribution in [0.2, 0.25) is 0 Å². The summed E-state index contributed by atoms with van der Waals surface area (Å²) in [7, 11) is -3.95. The van der Waals surface area contributed by atoms with Gasteiger partial charge in [-0.15, -0.1) is 0 Å². The van der Waals surface area contributed by atoms with Crippen LogP contribution in [0.25, 0.3) is 6.08 Å². The first kappa shape index (κ1) is 25.3. The third-order valence-electron chi connectivity index (χ3n) is 3.82. The number of benzene rings is 1. The lowest BCUT2D eigenvalue weighted by Crippen LogP contribution is -2.43. The van der Waals surface area contributed by atoms with Gasteiger partial charge in [-0.05, 0) is 43.7 Å². The van der Waals surface area contributed by atoms with Gasteiger partial charge >= 0.3 is 19.9 Å². The Labute approximate surface area is 186 Å². The van der Waals surface area contributed by atoms with Gasteiger partial charge in [0.2, 0.25) is 3.79 Å². The number of halogens is 6. The second-order valence-electron chi connectivity index (χ2n) is 5.96. The highest BCUT2D eigenvalue weighted by Gasteiger charge is 2.45. The molecule has 1 aromatic carbocycles. The molecule has 0 spiro atoms. The number of carbonyl (C=O) groups excluding carboxylic acids is 1. The molecular formula is C17H18Cl3F3NO5P. The lowest BCUT2D eigenvalue weighted by molar-refractivity contribution is -0.137. The van der Waals surface area contributed by atoms with E-state index in [4.69, 9.17) is 48.6 Å². The Balaban J connectivity index is 2.54. The van der Waals surface area contributed by atoms with E-state index in [0.717, 1.165) is 23.1 Å². The quantitative estimate of drug-likeness (QED) is 0.317. The maximum Gasteiger partial charge on any atom is 0.416 e. The second-order valence-corrected chi connectivity index (χ2v) is 10.6. The normalized spacial score (nSPS) is 17.1. The van der Waals surface area contributed by atoms with Gasteiger partial charge in [0, 0.05) is 0 Å². The van der Waals surface area contributed by atoms with E-state index in [1.807, 2.05) is 0 Å². The third kappa shape index (κ3) is 6.05. The Kier molecular flexibility index (Phi) is 8.16. The van der Waals surface area contributed by atoms with E-state index in [1.165, 1.54) is 12.2 Å². The van der Waals surface area contributed by atoms with Crippen LogP contribution >= 0.6 is 42.4 Å². The molecule has 1 atom stereocenters. The molecule has 0 aliphatic carbocycles. The predicted octanol–water partition coefficient (Wildman–Crippen LogP) is 6.64. The van der Waals surface area contributed by atoms with Gasteiger partial charge in [-0.1, -0.05) is 40.9 Å². The highest BCUT2D eigenvalue weighted by atomic mass is 35.6. The topological polar surface area (TPSA) is 65.1 Å². The van der Waals surface area contributed by atoms with E-state index in [9.17, 15) is 22.5 Å². The number of ether oxygens (including phenoxy) is 1. The van der Waals surface area contributed by atoms with E-state index >= 15 is 0 Å². The van der Waals surface area contributed by atoms with Crippen molar-refractivity contribution in [2.75, 3.05) is 24.7 Å².